The van der Waals surface area contributed by atoms with Crippen LogP contribution >= 0.6 is 11.6 Å². The molecule has 4 heterocycles. The van der Waals surface area contributed by atoms with Gasteiger partial charge in [0.1, 0.15) is 29.4 Å². The summed E-state index contributed by atoms with van der Waals surface area (Å²) < 4.78 is 10.9. The summed E-state index contributed by atoms with van der Waals surface area (Å²) in [7, 11) is 0. The molecule has 5 rings (SSSR count). The molecule has 0 radical (unpaired) electrons. The number of carbonyl (C=O) groups is 4. The van der Waals surface area contributed by atoms with Gasteiger partial charge in [-0.2, -0.15) is 0 Å². The molecule has 1 aliphatic heterocycles. The summed E-state index contributed by atoms with van der Waals surface area (Å²) in [6.07, 6.45) is 2.47. The van der Waals surface area contributed by atoms with Crippen LogP contribution in [-0.4, -0.2) is 69.6 Å². The molecule has 1 aliphatic carbocycles. The maximum atomic E-state index is 13.3. The third-order valence-electron chi connectivity index (χ3n) is 6.72. The van der Waals surface area contributed by atoms with Crippen LogP contribution in [0.15, 0.2) is 34.9 Å². The van der Waals surface area contributed by atoms with E-state index in [1.165, 1.54) is 24.4 Å². The molecule has 3 aromatic heterocycles. The quantitative estimate of drug-likeness (QED) is 0.353. The zero-order valence-corrected chi connectivity index (χ0v) is 21.4. The minimum Gasteiger partial charge on any atom is -0.465 e. The number of pyridine rings is 2. The van der Waals surface area contributed by atoms with Crippen molar-refractivity contribution in [1.29, 1.82) is 0 Å². The maximum Gasteiger partial charge on any atom is 0.410 e. The number of amides is 4. The number of furan rings is 1. The SMILES string of the molecule is O=C(O)Nc1ccc2oc(C(=O)Nc3ccc(Cl)cn3)c(NC(=O)[C@H]3CC[C@H](N4CCOCC4=O)CC3)c2n1. The van der Waals surface area contributed by atoms with E-state index in [2.05, 4.69) is 25.9 Å². The third kappa shape index (κ3) is 5.94. The first kappa shape index (κ1) is 26.4. The van der Waals surface area contributed by atoms with E-state index in [0.29, 0.717) is 43.9 Å². The number of rotatable bonds is 6. The van der Waals surface area contributed by atoms with E-state index in [9.17, 15) is 19.2 Å². The molecule has 1 saturated heterocycles. The van der Waals surface area contributed by atoms with Crippen molar-refractivity contribution in [2.24, 2.45) is 5.92 Å². The zero-order chi connectivity index (χ0) is 27.5. The lowest BCUT2D eigenvalue weighted by Gasteiger charge is -2.38. The predicted molar refractivity (Wildman–Crippen MR) is 140 cm³/mol. The van der Waals surface area contributed by atoms with Gasteiger partial charge in [-0.05, 0) is 49.9 Å². The Morgan fingerprint density at radius 2 is 1.79 bits per heavy atom. The van der Waals surface area contributed by atoms with E-state index in [4.69, 9.17) is 25.9 Å². The minimum atomic E-state index is -1.32. The Bertz CT molecular complexity index is 1420. The first-order valence-electron chi connectivity index (χ1n) is 12.3. The Morgan fingerprint density at radius 3 is 2.49 bits per heavy atom. The number of aromatic nitrogens is 2. The van der Waals surface area contributed by atoms with Crippen molar-refractivity contribution in [2.45, 2.75) is 31.7 Å². The zero-order valence-electron chi connectivity index (χ0n) is 20.6. The summed E-state index contributed by atoms with van der Waals surface area (Å²) >= 11 is 5.86. The molecular weight excluding hydrogens is 532 g/mol. The Labute approximate surface area is 226 Å². The van der Waals surface area contributed by atoms with E-state index in [1.54, 1.807) is 6.07 Å². The van der Waals surface area contributed by atoms with Crippen LogP contribution in [0.4, 0.5) is 22.1 Å². The summed E-state index contributed by atoms with van der Waals surface area (Å²) in [4.78, 5) is 59.9. The fourth-order valence-corrected chi connectivity index (χ4v) is 4.96. The molecule has 0 atom stereocenters. The van der Waals surface area contributed by atoms with Gasteiger partial charge in [-0.3, -0.25) is 19.7 Å². The Balaban J connectivity index is 1.37. The molecule has 13 nitrogen and oxygen atoms in total. The van der Waals surface area contributed by atoms with Gasteiger partial charge < -0.3 is 29.8 Å². The van der Waals surface area contributed by atoms with Gasteiger partial charge in [0, 0.05) is 24.7 Å². The standard InChI is InChI=1S/C25H25ClN6O7/c26-14-3-7-17(27-11-14)29-24(35)22-21(20-16(39-22)6-8-18(28-20)30-25(36)37)31-23(34)13-1-4-15(5-2-13)32-9-10-38-12-19(32)33/h3,6-8,11,13,15H,1-2,4-5,9-10,12H2,(H,28,30)(H,31,34)(H,36,37)(H,27,29,35)/t13-,15-. The number of fused-ring (bicyclic) bond motifs is 1. The van der Waals surface area contributed by atoms with Crippen molar-refractivity contribution >= 4 is 63.8 Å². The number of ether oxygens (including phenoxy) is 1. The van der Waals surface area contributed by atoms with Gasteiger partial charge in [-0.25, -0.2) is 14.8 Å². The largest absolute Gasteiger partial charge is 0.465 e. The van der Waals surface area contributed by atoms with Gasteiger partial charge >= 0.3 is 6.09 Å². The summed E-state index contributed by atoms with van der Waals surface area (Å²) in [5.41, 5.74) is 0.294. The fraction of sp³-hybridized carbons (Fsp3) is 0.360. The predicted octanol–water partition coefficient (Wildman–Crippen LogP) is 3.57. The van der Waals surface area contributed by atoms with Gasteiger partial charge in [-0.1, -0.05) is 11.6 Å². The molecule has 1 saturated carbocycles. The lowest BCUT2D eigenvalue weighted by atomic mass is 9.84. The summed E-state index contributed by atoms with van der Waals surface area (Å²) in [5.74, 6) is -1.45. The number of anilines is 3. The first-order valence-corrected chi connectivity index (χ1v) is 12.7. The van der Waals surface area contributed by atoms with Crippen molar-refractivity contribution in [3.05, 3.63) is 41.2 Å². The van der Waals surface area contributed by atoms with Crippen LogP contribution in [0.1, 0.15) is 36.2 Å². The van der Waals surface area contributed by atoms with Crippen molar-refractivity contribution in [2.75, 3.05) is 35.7 Å². The topological polar surface area (TPSA) is 176 Å². The van der Waals surface area contributed by atoms with E-state index in [1.807, 2.05) is 4.90 Å². The van der Waals surface area contributed by atoms with Crippen molar-refractivity contribution in [3.63, 3.8) is 0 Å². The van der Waals surface area contributed by atoms with Crippen LogP contribution in [0.5, 0.6) is 0 Å². The molecule has 2 fully saturated rings. The second-order valence-corrected chi connectivity index (χ2v) is 9.67. The molecule has 39 heavy (non-hydrogen) atoms. The molecule has 0 unspecified atom stereocenters. The Hall–Kier alpha value is -4.23. The number of hydrogen-bond acceptors (Lipinski definition) is 8. The van der Waals surface area contributed by atoms with Crippen LogP contribution in [0.2, 0.25) is 5.02 Å². The van der Waals surface area contributed by atoms with Gasteiger partial charge in [0.05, 0.1) is 11.6 Å². The molecule has 4 N–H and O–H groups in total. The van der Waals surface area contributed by atoms with Crippen molar-refractivity contribution in [3.8, 4) is 0 Å². The van der Waals surface area contributed by atoms with Gasteiger partial charge in [-0.15, -0.1) is 0 Å². The van der Waals surface area contributed by atoms with Crippen LogP contribution in [0.25, 0.3) is 11.1 Å². The summed E-state index contributed by atoms with van der Waals surface area (Å²) in [5, 5.41) is 17.0. The molecule has 3 aromatic rings. The first-order chi connectivity index (χ1) is 18.8. The molecule has 0 aromatic carbocycles. The highest BCUT2D eigenvalue weighted by Gasteiger charge is 2.34. The number of nitrogens with one attached hydrogen (secondary N) is 3. The maximum absolute atomic E-state index is 13.3. The molecule has 0 bridgehead atoms. The van der Waals surface area contributed by atoms with Crippen LogP contribution in [-0.2, 0) is 14.3 Å². The van der Waals surface area contributed by atoms with E-state index in [-0.39, 0.29) is 64.6 Å². The van der Waals surface area contributed by atoms with E-state index >= 15 is 0 Å². The Morgan fingerprint density at radius 1 is 1.03 bits per heavy atom. The smallest absolute Gasteiger partial charge is 0.410 e. The lowest BCUT2D eigenvalue weighted by molar-refractivity contribution is -0.146. The van der Waals surface area contributed by atoms with Gasteiger partial charge in [0.25, 0.3) is 5.91 Å². The lowest BCUT2D eigenvalue weighted by Crippen LogP contribution is -2.49. The number of halogens is 1. The highest BCUT2D eigenvalue weighted by Crippen LogP contribution is 2.34. The molecule has 0 spiro atoms. The van der Waals surface area contributed by atoms with Crippen molar-refractivity contribution in [1.82, 2.24) is 14.9 Å². The molecule has 204 valence electrons. The molecular formula is C25H25ClN6O7. The highest BCUT2D eigenvalue weighted by atomic mass is 35.5. The number of carbonyl (C=O) groups excluding carboxylic acids is 3. The second-order valence-electron chi connectivity index (χ2n) is 9.23. The monoisotopic (exact) mass is 556 g/mol. The average Bonchev–Trinajstić information content (AvgIpc) is 3.27. The third-order valence-corrected chi connectivity index (χ3v) is 6.95. The van der Waals surface area contributed by atoms with E-state index < -0.39 is 12.0 Å². The van der Waals surface area contributed by atoms with Gasteiger partial charge in [0.15, 0.2) is 5.58 Å². The van der Waals surface area contributed by atoms with E-state index in [0.717, 1.165) is 0 Å². The molecule has 14 heteroatoms. The van der Waals surface area contributed by atoms with Crippen molar-refractivity contribution < 1.29 is 33.4 Å². The minimum absolute atomic E-state index is 0.00619. The second kappa shape index (κ2) is 11.3. The average molecular weight is 557 g/mol. The fourth-order valence-electron chi connectivity index (χ4n) is 4.85. The Kier molecular flexibility index (Phi) is 7.61. The number of morpholine rings is 1. The van der Waals surface area contributed by atoms with Crippen LogP contribution in [0.3, 0.4) is 0 Å². The summed E-state index contributed by atoms with van der Waals surface area (Å²) in [6.45, 7) is 1.12. The van der Waals surface area contributed by atoms with Gasteiger partial charge in [0.2, 0.25) is 17.6 Å². The summed E-state index contributed by atoms with van der Waals surface area (Å²) in [6, 6.07) is 5.94. The number of hydrogen-bond donors (Lipinski definition) is 4. The molecule has 2 aliphatic rings. The number of nitrogens with zero attached hydrogens (tertiary/aromatic N) is 3. The van der Waals surface area contributed by atoms with Crippen LogP contribution in [0, 0.1) is 5.92 Å². The normalized spacial score (nSPS) is 19.5. The molecule has 4 amide bonds. The van der Waals surface area contributed by atoms with Crippen LogP contribution < -0.4 is 16.0 Å². The highest BCUT2D eigenvalue weighted by molar-refractivity contribution is 6.30. The number of carboxylic acid groups (broad SMARTS) is 1.